The van der Waals surface area contributed by atoms with Crippen molar-refractivity contribution in [3.63, 3.8) is 0 Å². The van der Waals surface area contributed by atoms with Crippen LogP contribution < -0.4 is 0 Å². The van der Waals surface area contributed by atoms with Crippen LogP contribution in [-0.4, -0.2) is 0 Å². The summed E-state index contributed by atoms with van der Waals surface area (Å²) in [6.07, 6.45) is 8.79. The summed E-state index contributed by atoms with van der Waals surface area (Å²) in [6.45, 7) is 6.31. The summed E-state index contributed by atoms with van der Waals surface area (Å²) in [4.78, 5) is 2.66. The van der Waals surface area contributed by atoms with Gasteiger partial charge in [-0.2, -0.15) is 0 Å². The molecule has 1 aliphatic carbocycles. The van der Waals surface area contributed by atoms with Crippen molar-refractivity contribution in [2.24, 2.45) is 0 Å². The molecule has 1 aromatic rings. The van der Waals surface area contributed by atoms with Gasteiger partial charge in [0.05, 0.1) is 0 Å². The molecule has 0 N–H and O–H groups in total. The van der Waals surface area contributed by atoms with Crippen molar-refractivity contribution < 1.29 is 0 Å². The number of allylic oxidation sites excluding steroid dienone is 5. The second-order valence-electron chi connectivity index (χ2n) is 3.55. The highest BCUT2D eigenvalue weighted by Crippen LogP contribution is 2.31. The Kier molecular flexibility index (Phi) is 2.69. The molecular weight excluding hydrogens is 188 g/mol. The summed E-state index contributed by atoms with van der Waals surface area (Å²) in [5.74, 6) is 0. The van der Waals surface area contributed by atoms with Gasteiger partial charge in [-0.05, 0) is 43.0 Å². The second kappa shape index (κ2) is 3.97. The van der Waals surface area contributed by atoms with Crippen LogP contribution in [0.1, 0.15) is 22.6 Å². The number of rotatable bonds is 2. The lowest BCUT2D eigenvalue weighted by Crippen LogP contribution is -1.89. The quantitative estimate of drug-likeness (QED) is 0.669. The first kappa shape index (κ1) is 9.47. The Morgan fingerprint density at radius 3 is 2.86 bits per heavy atom. The summed E-state index contributed by atoms with van der Waals surface area (Å²) >= 11 is 1.83. The normalized spacial score (nSPS) is 15.4. The van der Waals surface area contributed by atoms with Crippen LogP contribution in [0.5, 0.6) is 0 Å². The van der Waals surface area contributed by atoms with Crippen molar-refractivity contribution in [1.82, 2.24) is 0 Å². The molecule has 72 valence electrons. The Hall–Kier alpha value is -1.08. The van der Waals surface area contributed by atoms with E-state index in [0.717, 1.165) is 12.8 Å². The lowest BCUT2D eigenvalue weighted by atomic mass is 9.97. The Bertz CT molecular complexity index is 405. The molecule has 0 unspecified atom stereocenters. The fourth-order valence-corrected chi connectivity index (χ4v) is 2.48. The maximum Gasteiger partial charge on any atom is 0.0342 e. The van der Waals surface area contributed by atoms with E-state index in [1.54, 1.807) is 0 Å². The van der Waals surface area contributed by atoms with E-state index in [1.165, 1.54) is 20.9 Å². The fourth-order valence-electron chi connectivity index (χ4n) is 1.61. The summed E-state index contributed by atoms with van der Waals surface area (Å²) in [6, 6.07) is 4.33. The molecule has 0 atom stereocenters. The van der Waals surface area contributed by atoms with E-state index in [9.17, 15) is 0 Å². The van der Waals surface area contributed by atoms with Gasteiger partial charge in [0, 0.05) is 9.75 Å². The zero-order valence-corrected chi connectivity index (χ0v) is 9.23. The van der Waals surface area contributed by atoms with Gasteiger partial charge in [0.2, 0.25) is 0 Å². The number of aryl methyl sites for hydroxylation is 1. The maximum atomic E-state index is 4.17. The average molecular weight is 202 g/mol. The topological polar surface area (TPSA) is 0 Å². The van der Waals surface area contributed by atoms with Crippen LogP contribution in [0.15, 0.2) is 42.5 Å². The zero-order valence-electron chi connectivity index (χ0n) is 8.42. The Labute approximate surface area is 89.3 Å². The molecule has 1 heterocycles. The van der Waals surface area contributed by atoms with Gasteiger partial charge < -0.3 is 0 Å². The highest BCUT2D eigenvalue weighted by atomic mass is 32.1. The number of hydrogen-bond donors (Lipinski definition) is 0. The van der Waals surface area contributed by atoms with E-state index < -0.39 is 0 Å². The van der Waals surface area contributed by atoms with Gasteiger partial charge in [0.25, 0.3) is 0 Å². The van der Waals surface area contributed by atoms with Crippen LogP contribution >= 0.6 is 11.3 Å². The third-order valence-electron chi connectivity index (χ3n) is 2.44. The molecule has 0 fully saturated rings. The van der Waals surface area contributed by atoms with Crippen LogP contribution in [0, 0.1) is 6.92 Å². The molecule has 14 heavy (non-hydrogen) atoms. The van der Waals surface area contributed by atoms with Crippen molar-refractivity contribution in [2.45, 2.75) is 19.8 Å². The van der Waals surface area contributed by atoms with E-state index in [2.05, 4.69) is 43.9 Å². The summed E-state index contributed by atoms with van der Waals surface area (Å²) in [7, 11) is 0. The molecule has 0 saturated carbocycles. The Morgan fingerprint density at radius 2 is 2.29 bits per heavy atom. The van der Waals surface area contributed by atoms with Crippen LogP contribution in [0.3, 0.4) is 0 Å². The molecule has 1 aromatic heterocycles. The molecule has 0 nitrogen and oxygen atoms in total. The molecule has 0 bridgehead atoms. The third kappa shape index (κ3) is 1.88. The standard InChI is InChI=1S/C13H14S/c1-10-8-9-13(14-10)11(2)12-6-4-3-5-7-12/h3-4,6,8-9H,2,5,7H2,1H3. The van der Waals surface area contributed by atoms with Crippen LogP contribution in [0.25, 0.3) is 5.57 Å². The van der Waals surface area contributed by atoms with Gasteiger partial charge in [-0.15, -0.1) is 11.3 Å². The summed E-state index contributed by atoms with van der Waals surface area (Å²) in [5, 5.41) is 0. The molecule has 0 radical (unpaired) electrons. The Balaban J connectivity index is 2.23. The van der Waals surface area contributed by atoms with E-state index in [4.69, 9.17) is 0 Å². The number of thiophene rings is 1. The molecule has 1 aliphatic rings. The van der Waals surface area contributed by atoms with Crippen LogP contribution in [0.4, 0.5) is 0 Å². The Morgan fingerprint density at radius 1 is 1.43 bits per heavy atom. The largest absolute Gasteiger partial charge is 0.141 e. The first-order valence-corrected chi connectivity index (χ1v) is 5.71. The van der Waals surface area contributed by atoms with Crippen molar-refractivity contribution >= 4 is 16.9 Å². The summed E-state index contributed by atoms with van der Waals surface area (Å²) in [5.41, 5.74) is 2.59. The van der Waals surface area contributed by atoms with Gasteiger partial charge in [0.15, 0.2) is 0 Å². The van der Waals surface area contributed by atoms with E-state index in [-0.39, 0.29) is 0 Å². The van der Waals surface area contributed by atoms with Crippen molar-refractivity contribution in [3.05, 3.63) is 52.3 Å². The van der Waals surface area contributed by atoms with E-state index >= 15 is 0 Å². The van der Waals surface area contributed by atoms with Crippen molar-refractivity contribution in [2.75, 3.05) is 0 Å². The third-order valence-corrected chi connectivity index (χ3v) is 3.50. The molecule has 2 rings (SSSR count). The smallest absolute Gasteiger partial charge is 0.0342 e. The molecule has 1 heteroatoms. The number of hydrogen-bond acceptors (Lipinski definition) is 1. The molecule has 0 saturated heterocycles. The average Bonchev–Trinajstić information content (AvgIpc) is 2.65. The highest BCUT2D eigenvalue weighted by molar-refractivity contribution is 7.13. The predicted molar refractivity (Wildman–Crippen MR) is 64.5 cm³/mol. The van der Waals surface area contributed by atoms with Gasteiger partial charge in [0.1, 0.15) is 0 Å². The fraction of sp³-hybridized carbons (Fsp3) is 0.231. The minimum atomic E-state index is 1.13. The first-order chi connectivity index (χ1) is 6.77. The van der Waals surface area contributed by atoms with Gasteiger partial charge in [-0.1, -0.05) is 24.8 Å². The van der Waals surface area contributed by atoms with E-state index in [0.29, 0.717) is 0 Å². The molecule has 0 amide bonds. The van der Waals surface area contributed by atoms with Gasteiger partial charge >= 0.3 is 0 Å². The first-order valence-electron chi connectivity index (χ1n) is 4.89. The highest BCUT2D eigenvalue weighted by Gasteiger charge is 2.07. The summed E-state index contributed by atoms with van der Waals surface area (Å²) < 4.78 is 0. The zero-order chi connectivity index (χ0) is 9.97. The van der Waals surface area contributed by atoms with Gasteiger partial charge in [-0.25, -0.2) is 0 Å². The maximum absolute atomic E-state index is 4.17. The SMILES string of the molecule is C=C(C1=CC=CCC1)c1ccc(C)s1. The van der Waals surface area contributed by atoms with Crippen LogP contribution in [0.2, 0.25) is 0 Å². The lowest BCUT2D eigenvalue weighted by molar-refractivity contribution is 0.998. The predicted octanol–water partition coefficient (Wildman–Crippen LogP) is 4.35. The second-order valence-corrected chi connectivity index (χ2v) is 4.84. The van der Waals surface area contributed by atoms with E-state index in [1.807, 2.05) is 11.3 Å². The molecule has 0 aromatic carbocycles. The minimum Gasteiger partial charge on any atom is -0.141 e. The van der Waals surface area contributed by atoms with Crippen molar-refractivity contribution in [3.8, 4) is 0 Å². The van der Waals surface area contributed by atoms with Crippen LogP contribution in [-0.2, 0) is 0 Å². The van der Waals surface area contributed by atoms with Crippen molar-refractivity contribution in [1.29, 1.82) is 0 Å². The molecular formula is C13H14S. The minimum absolute atomic E-state index is 1.13. The molecule has 0 aliphatic heterocycles. The molecule has 0 spiro atoms. The van der Waals surface area contributed by atoms with Gasteiger partial charge in [-0.3, -0.25) is 0 Å². The monoisotopic (exact) mass is 202 g/mol. The lowest BCUT2D eigenvalue weighted by Gasteiger charge is -2.10.